The van der Waals surface area contributed by atoms with E-state index in [4.69, 9.17) is 23.2 Å². The average Bonchev–Trinajstić information content (AvgIpc) is 2.34. The summed E-state index contributed by atoms with van der Waals surface area (Å²) in [6.07, 6.45) is 0. The van der Waals surface area contributed by atoms with E-state index in [9.17, 15) is 0 Å². The molecule has 0 aromatic carbocycles. The Kier molecular flexibility index (Phi) is 2.00. The molecular weight excluding hydrogens is 164 g/mol. The molecule has 2 N–H and O–H groups in total. The summed E-state index contributed by atoms with van der Waals surface area (Å²) in [6, 6.07) is 5.47. The fourth-order valence-electron chi connectivity index (χ4n) is 0.530. The van der Waals surface area contributed by atoms with Crippen molar-refractivity contribution in [1.82, 2.24) is 0 Å². The van der Waals surface area contributed by atoms with Gasteiger partial charge in [-0.05, 0) is 12.1 Å². The molecule has 0 saturated carbocycles. The van der Waals surface area contributed by atoms with Crippen LogP contribution in [0.1, 0.15) is 9.75 Å². The molecule has 0 unspecified atom stereocenters. The highest BCUT2D eigenvalue weighted by Gasteiger charge is 1.99. The lowest BCUT2D eigenvalue weighted by Gasteiger charge is -1.85. The predicted molar refractivity (Wildman–Crippen MR) is 44.9 cm³/mol. The zero-order valence-corrected chi connectivity index (χ0v) is 6.63. The minimum absolute atomic E-state index is 0.353. The molecular formula is C6H4N2S2. The molecule has 0 saturated heterocycles. The normalized spacial score (nSPS) is 8.70. The number of hydrogen-bond acceptors (Lipinski definition) is 3. The zero-order chi connectivity index (χ0) is 7.56. The second kappa shape index (κ2) is 2.78. The Morgan fingerprint density at radius 1 is 1.70 bits per heavy atom. The van der Waals surface area contributed by atoms with Crippen molar-refractivity contribution >= 4 is 28.5 Å². The number of rotatable bonds is 1. The van der Waals surface area contributed by atoms with Crippen LogP contribution in [0.15, 0.2) is 12.1 Å². The fraction of sp³-hybridized carbons (Fsp3) is 0. The highest BCUT2D eigenvalue weighted by Crippen LogP contribution is 2.14. The van der Waals surface area contributed by atoms with Crippen LogP contribution in [0.5, 0.6) is 0 Å². The highest BCUT2D eigenvalue weighted by atomic mass is 32.1. The van der Waals surface area contributed by atoms with E-state index in [1.54, 1.807) is 12.1 Å². The molecule has 0 amide bonds. The van der Waals surface area contributed by atoms with E-state index in [2.05, 4.69) is 0 Å². The third-order valence-electron chi connectivity index (χ3n) is 0.959. The molecule has 0 radical (unpaired) electrons. The smallest absolute Gasteiger partial charge is 0.114 e. The van der Waals surface area contributed by atoms with Crippen molar-refractivity contribution in [2.45, 2.75) is 0 Å². The highest BCUT2D eigenvalue weighted by molar-refractivity contribution is 7.81. The number of thiocarbonyl (C=S) groups is 1. The van der Waals surface area contributed by atoms with Crippen LogP contribution in [-0.2, 0) is 0 Å². The van der Waals surface area contributed by atoms with Gasteiger partial charge in [0, 0.05) is 0 Å². The lowest BCUT2D eigenvalue weighted by molar-refractivity contribution is 1.52. The van der Waals surface area contributed by atoms with Gasteiger partial charge in [0.25, 0.3) is 0 Å². The van der Waals surface area contributed by atoms with Crippen molar-refractivity contribution < 1.29 is 0 Å². The zero-order valence-electron chi connectivity index (χ0n) is 5.00. The Morgan fingerprint density at radius 2 is 2.40 bits per heavy atom. The van der Waals surface area contributed by atoms with Crippen LogP contribution < -0.4 is 5.73 Å². The van der Waals surface area contributed by atoms with Crippen molar-refractivity contribution in [3.8, 4) is 6.07 Å². The second-order valence-corrected chi connectivity index (χ2v) is 3.16. The van der Waals surface area contributed by atoms with Gasteiger partial charge in [0.2, 0.25) is 0 Å². The van der Waals surface area contributed by atoms with Gasteiger partial charge in [-0.3, -0.25) is 0 Å². The Morgan fingerprint density at radius 3 is 2.70 bits per heavy atom. The summed E-state index contributed by atoms with van der Waals surface area (Å²) >= 11 is 6.02. The SMILES string of the molecule is N#Cc1ccc(C(N)=S)s1. The molecule has 0 bridgehead atoms. The first-order chi connectivity index (χ1) is 4.74. The topological polar surface area (TPSA) is 49.8 Å². The summed E-state index contributed by atoms with van der Waals surface area (Å²) < 4.78 is 0. The summed E-state index contributed by atoms with van der Waals surface area (Å²) in [6.45, 7) is 0. The van der Waals surface area contributed by atoms with E-state index in [-0.39, 0.29) is 0 Å². The Labute approximate surface area is 67.9 Å². The van der Waals surface area contributed by atoms with E-state index in [1.807, 2.05) is 6.07 Å². The summed E-state index contributed by atoms with van der Waals surface area (Å²) in [5.74, 6) is 0. The maximum Gasteiger partial charge on any atom is 0.114 e. The maximum atomic E-state index is 8.41. The lowest BCUT2D eigenvalue weighted by Crippen LogP contribution is -2.06. The molecule has 10 heavy (non-hydrogen) atoms. The van der Waals surface area contributed by atoms with Gasteiger partial charge in [0.1, 0.15) is 15.9 Å². The average molecular weight is 168 g/mol. The van der Waals surface area contributed by atoms with Gasteiger partial charge < -0.3 is 5.73 Å². The lowest BCUT2D eigenvalue weighted by atomic mass is 10.4. The second-order valence-electron chi connectivity index (χ2n) is 1.64. The van der Waals surface area contributed by atoms with Crippen molar-refractivity contribution in [3.63, 3.8) is 0 Å². The van der Waals surface area contributed by atoms with Gasteiger partial charge in [0.15, 0.2) is 0 Å². The molecule has 0 spiro atoms. The first kappa shape index (κ1) is 7.19. The summed E-state index contributed by atoms with van der Waals surface area (Å²) in [5, 5.41) is 8.41. The van der Waals surface area contributed by atoms with Crippen molar-refractivity contribution in [3.05, 3.63) is 21.9 Å². The molecule has 50 valence electrons. The summed E-state index contributed by atoms with van der Waals surface area (Å²) in [7, 11) is 0. The number of hydrogen-bond donors (Lipinski definition) is 1. The van der Waals surface area contributed by atoms with Gasteiger partial charge in [0.05, 0.1) is 4.88 Å². The molecule has 0 aliphatic rings. The largest absolute Gasteiger partial charge is 0.389 e. The monoisotopic (exact) mass is 168 g/mol. The van der Waals surface area contributed by atoms with Crippen molar-refractivity contribution in [1.29, 1.82) is 5.26 Å². The van der Waals surface area contributed by atoms with Crippen LogP contribution in [-0.4, -0.2) is 4.99 Å². The van der Waals surface area contributed by atoms with Crippen LogP contribution in [0.25, 0.3) is 0 Å². The van der Waals surface area contributed by atoms with Crippen molar-refractivity contribution in [2.75, 3.05) is 0 Å². The molecule has 1 rings (SSSR count). The van der Waals surface area contributed by atoms with Crippen LogP contribution in [0.3, 0.4) is 0 Å². The molecule has 0 aliphatic carbocycles. The molecule has 0 atom stereocenters. The van der Waals surface area contributed by atoms with Gasteiger partial charge in [-0.1, -0.05) is 12.2 Å². The number of thiophene rings is 1. The molecule has 0 aliphatic heterocycles. The van der Waals surface area contributed by atoms with E-state index < -0.39 is 0 Å². The van der Waals surface area contributed by atoms with Crippen LogP contribution >= 0.6 is 23.6 Å². The van der Waals surface area contributed by atoms with E-state index in [0.717, 1.165) is 4.88 Å². The first-order valence-corrected chi connectivity index (χ1v) is 3.76. The van der Waals surface area contributed by atoms with Gasteiger partial charge in [-0.25, -0.2) is 0 Å². The molecule has 1 heterocycles. The van der Waals surface area contributed by atoms with E-state index >= 15 is 0 Å². The minimum Gasteiger partial charge on any atom is -0.389 e. The maximum absolute atomic E-state index is 8.41. The van der Waals surface area contributed by atoms with E-state index in [0.29, 0.717) is 9.87 Å². The number of nitrogens with two attached hydrogens (primary N) is 1. The van der Waals surface area contributed by atoms with Gasteiger partial charge in [-0.15, -0.1) is 11.3 Å². The molecule has 1 aromatic heterocycles. The number of nitrogens with zero attached hydrogens (tertiary/aromatic N) is 1. The molecule has 1 aromatic rings. The minimum atomic E-state index is 0.353. The Bertz CT molecular complexity index is 295. The van der Waals surface area contributed by atoms with Gasteiger partial charge >= 0.3 is 0 Å². The number of nitriles is 1. The van der Waals surface area contributed by atoms with E-state index in [1.165, 1.54) is 11.3 Å². The predicted octanol–water partition coefficient (Wildman–Crippen LogP) is 1.25. The summed E-state index contributed by atoms with van der Waals surface area (Å²) in [5.41, 5.74) is 5.31. The third-order valence-corrected chi connectivity index (χ3v) is 2.33. The fourth-order valence-corrected chi connectivity index (χ4v) is 1.38. The van der Waals surface area contributed by atoms with Crippen LogP contribution in [0.2, 0.25) is 0 Å². The quantitative estimate of drug-likeness (QED) is 0.642. The van der Waals surface area contributed by atoms with Crippen LogP contribution in [0, 0.1) is 11.3 Å². The molecule has 4 heteroatoms. The molecule has 2 nitrogen and oxygen atoms in total. The van der Waals surface area contributed by atoms with Crippen molar-refractivity contribution in [2.24, 2.45) is 5.73 Å². The Balaban J connectivity index is 3.02. The van der Waals surface area contributed by atoms with Crippen LogP contribution in [0.4, 0.5) is 0 Å². The Hall–Kier alpha value is -0.920. The third kappa shape index (κ3) is 1.32. The first-order valence-electron chi connectivity index (χ1n) is 2.54. The summed E-state index contributed by atoms with van der Waals surface area (Å²) in [4.78, 5) is 1.79. The molecule has 0 fully saturated rings. The standard InChI is InChI=1S/C6H4N2S2/c7-3-4-1-2-5(10-4)6(8)9/h1-2H,(H2,8,9). The van der Waals surface area contributed by atoms with Gasteiger partial charge in [-0.2, -0.15) is 5.26 Å².